The second kappa shape index (κ2) is 12.1. The van der Waals surface area contributed by atoms with Crippen LogP contribution in [0.3, 0.4) is 0 Å². The van der Waals surface area contributed by atoms with E-state index in [4.69, 9.17) is 11.5 Å². The van der Waals surface area contributed by atoms with Crippen LogP contribution in [0.1, 0.15) is 39.5 Å². The zero-order valence-corrected chi connectivity index (χ0v) is 14.6. The van der Waals surface area contributed by atoms with Crippen LogP contribution < -0.4 is 27.4 Å². The topological polar surface area (TPSA) is 116 Å². The first-order chi connectivity index (χ1) is 11.2. The van der Waals surface area contributed by atoms with Crippen LogP contribution in [0.15, 0.2) is 9.98 Å². The summed E-state index contributed by atoms with van der Waals surface area (Å²) in [6.45, 7) is 9.50. The summed E-state index contributed by atoms with van der Waals surface area (Å²) in [4.78, 5) is 11.2. The van der Waals surface area contributed by atoms with E-state index in [0.717, 1.165) is 39.0 Å². The van der Waals surface area contributed by atoms with Gasteiger partial charge in [-0.25, -0.2) is 4.99 Å². The Kier molecular flexibility index (Phi) is 10.3. The van der Waals surface area contributed by atoms with Crippen molar-refractivity contribution in [2.75, 3.05) is 39.3 Å². The lowest BCUT2D eigenvalue weighted by Gasteiger charge is -2.25. The zero-order chi connectivity index (χ0) is 16.9. The van der Waals surface area contributed by atoms with Gasteiger partial charge in [0.25, 0.3) is 0 Å². The van der Waals surface area contributed by atoms with E-state index in [1.165, 1.54) is 12.8 Å². The van der Waals surface area contributed by atoms with Gasteiger partial charge >= 0.3 is 0 Å². The maximum Gasteiger partial charge on any atom is 0.200 e. The molecule has 0 radical (unpaired) electrons. The highest BCUT2D eigenvalue weighted by Gasteiger charge is 2.15. The van der Waals surface area contributed by atoms with E-state index < -0.39 is 0 Å². The Balaban J connectivity index is 2.39. The number of nitrogens with one attached hydrogen (secondary N) is 3. The Hall–Kier alpha value is -1.38. The van der Waals surface area contributed by atoms with Crippen LogP contribution in [-0.4, -0.2) is 62.4 Å². The molecule has 0 saturated carbocycles. The lowest BCUT2D eigenvalue weighted by molar-refractivity contribution is 0.289. The number of rotatable bonds is 12. The van der Waals surface area contributed by atoms with Crippen molar-refractivity contribution < 1.29 is 0 Å². The maximum atomic E-state index is 5.82. The third-order valence-corrected chi connectivity index (χ3v) is 3.58. The molecule has 23 heavy (non-hydrogen) atoms. The minimum Gasteiger partial charge on any atom is -0.370 e. The summed E-state index contributed by atoms with van der Waals surface area (Å²) in [7, 11) is 0. The van der Waals surface area contributed by atoms with Gasteiger partial charge < -0.3 is 21.7 Å². The highest BCUT2D eigenvalue weighted by Crippen LogP contribution is 1.95. The number of guanidine groups is 2. The van der Waals surface area contributed by atoms with E-state index in [1.54, 1.807) is 0 Å². The van der Waals surface area contributed by atoms with Crippen LogP contribution in [0.25, 0.3) is 0 Å². The predicted octanol–water partition coefficient (Wildman–Crippen LogP) is -0.416. The molecule has 1 rings (SSSR count). The van der Waals surface area contributed by atoms with Gasteiger partial charge in [0.15, 0.2) is 12.2 Å². The molecule has 1 aliphatic heterocycles. The van der Waals surface area contributed by atoms with Crippen molar-refractivity contribution in [3.63, 3.8) is 0 Å². The molecule has 0 saturated heterocycles. The molecule has 0 aromatic carbocycles. The molecule has 1 aliphatic rings. The second-order valence-corrected chi connectivity index (χ2v) is 5.71. The number of nitrogens with zero attached hydrogens (tertiary/aromatic N) is 3. The second-order valence-electron chi connectivity index (χ2n) is 5.71. The van der Waals surface area contributed by atoms with Crippen molar-refractivity contribution >= 4 is 11.9 Å². The van der Waals surface area contributed by atoms with E-state index in [9.17, 15) is 0 Å². The first-order valence-corrected chi connectivity index (χ1v) is 8.76. The summed E-state index contributed by atoms with van der Waals surface area (Å²) in [5.74, 6) is 1.07. The minimum atomic E-state index is -0.206. The van der Waals surface area contributed by atoms with Gasteiger partial charge in [0.2, 0.25) is 5.96 Å². The Labute approximate surface area is 140 Å². The summed E-state index contributed by atoms with van der Waals surface area (Å²) in [6.07, 6.45) is 4.47. The third-order valence-electron chi connectivity index (χ3n) is 3.58. The van der Waals surface area contributed by atoms with Crippen LogP contribution in [0.5, 0.6) is 0 Å². The zero-order valence-electron chi connectivity index (χ0n) is 14.6. The largest absolute Gasteiger partial charge is 0.370 e. The molecular weight excluding hydrogens is 292 g/mol. The molecule has 7 N–H and O–H groups in total. The van der Waals surface area contributed by atoms with E-state index in [2.05, 4.69) is 44.7 Å². The van der Waals surface area contributed by atoms with Crippen molar-refractivity contribution in [2.24, 2.45) is 21.5 Å². The van der Waals surface area contributed by atoms with Gasteiger partial charge in [0, 0.05) is 19.6 Å². The summed E-state index contributed by atoms with van der Waals surface area (Å²) in [6, 6.07) is 0. The van der Waals surface area contributed by atoms with Crippen molar-refractivity contribution in [2.45, 2.75) is 45.8 Å². The minimum absolute atomic E-state index is 0.206. The first kappa shape index (κ1) is 19.7. The average Bonchev–Trinajstić information content (AvgIpc) is 2.51. The molecule has 8 heteroatoms. The molecule has 0 amide bonds. The highest BCUT2D eigenvalue weighted by atomic mass is 15.4. The van der Waals surface area contributed by atoms with Gasteiger partial charge in [0.05, 0.1) is 6.54 Å². The number of hydrogen-bond donors (Lipinski definition) is 5. The lowest BCUT2D eigenvalue weighted by atomic mass is 10.2. The molecule has 0 bridgehead atoms. The van der Waals surface area contributed by atoms with Crippen molar-refractivity contribution in [3.05, 3.63) is 0 Å². The van der Waals surface area contributed by atoms with Crippen molar-refractivity contribution in [3.8, 4) is 0 Å². The fourth-order valence-corrected chi connectivity index (χ4v) is 2.42. The lowest BCUT2D eigenvalue weighted by Crippen LogP contribution is -2.58. The summed E-state index contributed by atoms with van der Waals surface area (Å²) in [5, 5.41) is 9.51. The monoisotopic (exact) mass is 326 g/mol. The third kappa shape index (κ3) is 8.73. The Morgan fingerprint density at radius 1 is 1.22 bits per heavy atom. The highest BCUT2D eigenvalue weighted by molar-refractivity contribution is 5.99. The molecule has 1 heterocycles. The molecule has 0 aromatic rings. The molecule has 1 atom stereocenters. The molecular formula is C15H34N8. The van der Waals surface area contributed by atoms with Gasteiger partial charge in [-0.3, -0.25) is 15.6 Å². The molecule has 0 aromatic heterocycles. The van der Waals surface area contributed by atoms with Gasteiger partial charge in [-0.1, -0.05) is 26.7 Å². The summed E-state index contributed by atoms with van der Waals surface area (Å²) in [5.41, 5.74) is 11.5. The smallest absolute Gasteiger partial charge is 0.200 e. The average molecular weight is 326 g/mol. The van der Waals surface area contributed by atoms with E-state index in [-0.39, 0.29) is 6.29 Å². The van der Waals surface area contributed by atoms with Crippen LogP contribution in [0.2, 0.25) is 0 Å². The molecule has 134 valence electrons. The fraction of sp³-hybridized carbons (Fsp3) is 0.867. The van der Waals surface area contributed by atoms with Crippen LogP contribution >= 0.6 is 0 Å². The maximum absolute atomic E-state index is 5.82. The fourth-order valence-electron chi connectivity index (χ4n) is 2.42. The van der Waals surface area contributed by atoms with E-state index >= 15 is 0 Å². The van der Waals surface area contributed by atoms with Gasteiger partial charge in [-0.2, -0.15) is 0 Å². The first-order valence-electron chi connectivity index (χ1n) is 8.76. The van der Waals surface area contributed by atoms with Gasteiger partial charge in [0.1, 0.15) is 0 Å². The predicted molar refractivity (Wildman–Crippen MR) is 97.3 cm³/mol. The number of unbranched alkanes of at least 4 members (excludes halogenated alkanes) is 2. The Morgan fingerprint density at radius 2 is 2.04 bits per heavy atom. The quantitative estimate of drug-likeness (QED) is 0.311. The Morgan fingerprint density at radius 3 is 2.74 bits per heavy atom. The van der Waals surface area contributed by atoms with Crippen molar-refractivity contribution in [1.82, 2.24) is 20.9 Å². The molecule has 0 fully saturated rings. The molecule has 0 spiro atoms. The Bertz CT molecular complexity index is 362. The van der Waals surface area contributed by atoms with Gasteiger partial charge in [-0.05, 0) is 25.9 Å². The van der Waals surface area contributed by atoms with Crippen LogP contribution in [0, 0.1) is 0 Å². The standard InChI is InChI=1S/C15H34N8/c1-3-5-6-8-18-14-20-13(17)21-15(22-14)19-9-12-23(10-4-2)11-7-16/h14,18H,3-12,16H2,1-2H3,(H4,17,19,20,21,22). The summed E-state index contributed by atoms with van der Waals surface area (Å²) >= 11 is 0. The van der Waals surface area contributed by atoms with E-state index in [1.807, 2.05) is 0 Å². The molecule has 8 nitrogen and oxygen atoms in total. The number of nitrogens with two attached hydrogens (primary N) is 2. The number of aliphatic imine (C=N–C) groups is 2. The van der Waals surface area contributed by atoms with Gasteiger partial charge in [-0.15, -0.1) is 0 Å². The van der Waals surface area contributed by atoms with Crippen molar-refractivity contribution in [1.29, 1.82) is 0 Å². The van der Waals surface area contributed by atoms with E-state index in [0.29, 0.717) is 25.0 Å². The normalized spacial score (nSPS) is 19.6. The SMILES string of the molecule is CCCCCNC1N=C(N)NC(=NCCN(CCC)CCN)N1. The summed E-state index contributed by atoms with van der Waals surface area (Å²) < 4.78 is 0. The van der Waals surface area contributed by atoms with Crippen LogP contribution in [-0.2, 0) is 0 Å². The number of hydrogen-bond acceptors (Lipinski definition) is 6. The molecule has 0 aliphatic carbocycles. The molecule has 1 unspecified atom stereocenters. The van der Waals surface area contributed by atoms with Crippen LogP contribution in [0.4, 0.5) is 0 Å².